The molecule has 1 aromatic carbocycles. The molecule has 0 aliphatic carbocycles. The van der Waals surface area contributed by atoms with Crippen LogP contribution in [-0.2, 0) is 19.6 Å². The molecule has 2 fully saturated rings. The van der Waals surface area contributed by atoms with Crippen LogP contribution in [0.3, 0.4) is 0 Å². The van der Waals surface area contributed by atoms with Crippen molar-refractivity contribution in [2.24, 2.45) is 0 Å². The van der Waals surface area contributed by atoms with E-state index in [0.29, 0.717) is 45.1 Å². The number of nitrogens with zero attached hydrogens (tertiary/aromatic N) is 2. The van der Waals surface area contributed by atoms with E-state index in [1.54, 1.807) is 24.0 Å². The highest BCUT2D eigenvalue weighted by molar-refractivity contribution is 8.13. The van der Waals surface area contributed by atoms with E-state index in [4.69, 9.17) is 4.74 Å². The first-order valence-corrected chi connectivity index (χ1v) is 11.2. The molecule has 0 spiro atoms. The molecule has 0 unspecified atom stereocenters. The van der Waals surface area contributed by atoms with Gasteiger partial charge in [-0.2, -0.15) is 4.31 Å². The van der Waals surface area contributed by atoms with Crippen molar-refractivity contribution in [1.29, 1.82) is 0 Å². The number of anilines is 1. The maximum Gasteiger partial charge on any atom is 0.281 e. The predicted molar refractivity (Wildman–Crippen MR) is 103 cm³/mol. The van der Waals surface area contributed by atoms with Crippen LogP contribution in [0.1, 0.15) is 12.0 Å². The summed E-state index contributed by atoms with van der Waals surface area (Å²) in [6.45, 7) is 4.22. The van der Waals surface area contributed by atoms with Crippen molar-refractivity contribution in [3.63, 3.8) is 0 Å². The van der Waals surface area contributed by atoms with Gasteiger partial charge in [0.1, 0.15) is 0 Å². The Balaban J connectivity index is 1.67. The zero-order valence-electron chi connectivity index (χ0n) is 15.1. The number of ether oxygens (including phenoxy) is 1. The van der Waals surface area contributed by atoms with Crippen molar-refractivity contribution < 1.29 is 22.7 Å². The molecule has 27 heavy (non-hydrogen) atoms. The van der Waals surface area contributed by atoms with Gasteiger partial charge >= 0.3 is 0 Å². The third-order valence-corrected chi connectivity index (χ3v) is 7.33. The molecule has 2 amide bonds. The lowest BCUT2D eigenvalue weighted by molar-refractivity contribution is -0.116. The monoisotopic (exact) mass is 413 g/mol. The number of hydrogen-bond donors (Lipinski definition) is 1. The first-order chi connectivity index (χ1) is 12.9. The molecule has 0 saturated carbocycles. The molecule has 0 radical (unpaired) electrons. The predicted octanol–water partition coefficient (Wildman–Crippen LogP) is 1.51. The molecule has 0 aromatic heterocycles. The van der Waals surface area contributed by atoms with E-state index in [0.717, 1.165) is 11.3 Å². The maximum absolute atomic E-state index is 12.8. The number of carbonyl (C=O) groups is 2. The smallest absolute Gasteiger partial charge is 0.281 e. The summed E-state index contributed by atoms with van der Waals surface area (Å²) < 4.78 is 32.2. The Bertz CT molecular complexity index is 822. The van der Waals surface area contributed by atoms with Gasteiger partial charge in [-0.05, 0) is 24.6 Å². The molecule has 2 heterocycles. The van der Waals surface area contributed by atoms with Crippen molar-refractivity contribution in [1.82, 2.24) is 9.21 Å². The number of aryl methyl sites for hydroxylation is 1. The number of benzene rings is 1. The number of thioether (sulfide) groups is 1. The minimum absolute atomic E-state index is 0.00224. The average molecular weight is 414 g/mol. The van der Waals surface area contributed by atoms with Crippen molar-refractivity contribution >= 4 is 38.6 Å². The summed E-state index contributed by atoms with van der Waals surface area (Å²) in [4.78, 5) is 25.6. The summed E-state index contributed by atoms with van der Waals surface area (Å²) in [6.07, 6.45) is 0.173. The van der Waals surface area contributed by atoms with Crippen LogP contribution >= 0.6 is 11.8 Å². The summed E-state index contributed by atoms with van der Waals surface area (Å²) in [5, 5.41) is 2.77. The summed E-state index contributed by atoms with van der Waals surface area (Å²) in [5.41, 5.74) is 1.24. The Morgan fingerprint density at radius 2 is 2.00 bits per heavy atom. The fourth-order valence-corrected chi connectivity index (χ4v) is 5.20. The van der Waals surface area contributed by atoms with Crippen LogP contribution < -0.4 is 5.32 Å². The minimum atomic E-state index is -3.62. The van der Waals surface area contributed by atoms with E-state index in [-0.39, 0.29) is 22.5 Å². The number of carbonyl (C=O) groups excluding carboxylic acids is 2. The number of hydrogen-bond acceptors (Lipinski definition) is 6. The lowest BCUT2D eigenvalue weighted by Gasteiger charge is -2.26. The first kappa shape index (κ1) is 20.1. The van der Waals surface area contributed by atoms with Gasteiger partial charge in [0, 0.05) is 44.0 Å². The third kappa shape index (κ3) is 4.81. The fourth-order valence-electron chi connectivity index (χ4n) is 2.91. The standard InChI is InChI=1S/C17H23N3O5S2/c1-13-2-3-14(27(23,24)20-6-9-25-10-7-20)12-15(13)18-16(21)4-5-19-8-11-26-17(19)22/h2-3,12H,4-11H2,1H3,(H,18,21). The SMILES string of the molecule is Cc1ccc(S(=O)(=O)N2CCOCC2)cc1NC(=O)CCN1CCSC1=O. The second kappa shape index (κ2) is 8.59. The number of nitrogens with one attached hydrogen (secondary N) is 1. The van der Waals surface area contributed by atoms with Gasteiger partial charge in [-0.1, -0.05) is 17.8 Å². The molecule has 0 atom stereocenters. The van der Waals surface area contributed by atoms with Crippen LogP contribution in [0, 0.1) is 6.92 Å². The van der Waals surface area contributed by atoms with Gasteiger partial charge in [0.05, 0.1) is 18.1 Å². The molecular weight excluding hydrogens is 390 g/mol. The first-order valence-electron chi connectivity index (χ1n) is 8.78. The summed E-state index contributed by atoms with van der Waals surface area (Å²) in [6, 6.07) is 4.73. The van der Waals surface area contributed by atoms with E-state index in [9.17, 15) is 18.0 Å². The summed E-state index contributed by atoms with van der Waals surface area (Å²) >= 11 is 1.26. The van der Waals surface area contributed by atoms with Crippen LogP contribution in [0.2, 0.25) is 0 Å². The van der Waals surface area contributed by atoms with Gasteiger partial charge in [0.25, 0.3) is 5.24 Å². The molecule has 1 aromatic rings. The van der Waals surface area contributed by atoms with E-state index in [1.165, 1.54) is 22.1 Å². The summed E-state index contributed by atoms with van der Waals surface area (Å²) in [5.74, 6) is 0.504. The largest absolute Gasteiger partial charge is 0.379 e. The zero-order valence-corrected chi connectivity index (χ0v) is 16.8. The Morgan fingerprint density at radius 1 is 1.26 bits per heavy atom. The Hall–Kier alpha value is -1.62. The van der Waals surface area contributed by atoms with Crippen molar-refractivity contribution in [3.05, 3.63) is 23.8 Å². The van der Waals surface area contributed by atoms with Crippen LogP contribution in [-0.4, -0.2) is 73.9 Å². The molecule has 2 aliphatic rings. The van der Waals surface area contributed by atoms with Gasteiger partial charge in [-0.3, -0.25) is 9.59 Å². The quantitative estimate of drug-likeness (QED) is 0.760. The molecule has 0 bridgehead atoms. The zero-order chi connectivity index (χ0) is 19.4. The lowest BCUT2D eigenvalue weighted by atomic mass is 10.2. The van der Waals surface area contributed by atoms with Crippen molar-refractivity contribution in [3.8, 4) is 0 Å². The number of amides is 2. The molecule has 10 heteroatoms. The van der Waals surface area contributed by atoms with Gasteiger partial charge in [-0.25, -0.2) is 8.42 Å². The van der Waals surface area contributed by atoms with Gasteiger partial charge in [0.15, 0.2) is 0 Å². The topological polar surface area (TPSA) is 96.0 Å². The molecule has 2 aliphatic heterocycles. The van der Waals surface area contributed by atoms with E-state index >= 15 is 0 Å². The van der Waals surface area contributed by atoms with Crippen LogP contribution in [0.15, 0.2) is 23.1 Å². The minimum Gasteiger partial charge on any atom is -0.379 e. The molecule has 3 rings (SSSR count). The Morgan fingerprint density at radius 3 is 2.67 bits per heavy atom. The molecular formula is C17H23N3O5S2. The Labute approximate surface area is 163 Å². The average Bonchev–Trinajstić information content (AvgIpc) is 3.07. The number of sulfonamides is 1. The second-order valence-corrected chi connectivity index (χ2v) is 9.38. The molecule has 2 saturated heterocycles. The van der Waals surface area contributed by atoms with Gasteiger partial charge in [-0.15, -0.1) is 0 Å². The van der Waals surface area contributed by atoms with Crippen molar-refractivity contribution in [2.45, 2.75) is 18.2 Å². The lowest BCUT2D eigenvalue weighted by Crippen LogP contribution is -2.40. The third-order valence-electron chi connectivity index (χ3n) is 4.54. The van der Waals surface area contributed by atoms with Crippen LogP contribution in [0.4, 0.5) is 10.5 Å². The van der Waals surface area contributed by atoms with E-state index < -0.39 is 10.0 Å². The Kier molecular flexibility index (Phi) is 6.40. The highest BCUT2D eigenvalue weighted by Gasteiger charge is 2.27. The van der Waals surface area contributed by atoms with Gasteiger partial charge in [0.2, 0.25) is 15.9 Å². The molecule has 8 nitrogen and oxygen atoms in total. The van der Waals surface area contributed by atoms with E-state index in [2.05, 4.69) is 5.32 Å². The van der Waals surface area contributed by atoms with Gasteiger partial charge < -0.3 is 15.0 Å². The highest BCUT2D eigenvalue weighted by atomic mass is 32.2. The highest BCUT2D eigenvalue weighted by Crippen LogP contribution is 2.24. The maximum atomic E-state index is 12.8. The van der Waals surface area contributed by atoms with Crippen molar-refractivity contribution in [2.75, 3.05) is 50.5 Å². The molecule has 148 valence electrons. The molecule has 1 N–H and O–H groups in total. The second-order valence-electron chi connectivity index (χ2n) is 6.39. The summed E-state index contributed by atoms with van der Waals surface area (Å²) in [7, 11) is -3.62. The van der Waals surface area contributed by atoms with Crippen LogP contribution in [0.25, 0.3) is 0 Å². The number of morpholine rings is 1. The normalized spacial score (nSPS) is 18.7. The fraction of sp³-hybridized carbons (Fsp3) is 0.529. The van der Waals surface area contributed by atoms with E-state index in [1.807, 2.05) is 0 Å². The number of rotatable bonds is 6. The van der Waals surface area contributed by atoms with Crippen LogP contribution in [0.5, 0.6) is 0 Å².